The molecule has 1 atom stereocenters. The smallest absolute Gasteiger partial charge is 0.379 e. The van der Waals surface area contributed by atoms with Gasteiger partial charge >= 0.3 is 6.18 Å². The highest BCUT2D eigenvalue weighted by atomic mass is 19.4. The highest BCUT2D eigenvalue weighted by Gasteiger charge is 2.33. The predicted octanol–water partition coefficient (Wildman–Crippen LogP) is 3.51. The van der Waals surface area contributed by atoms with Crippen LogP contribution in [0.4, 0.5) is 24.8 Å². The number of nitrogens with zero attached hydrogens (tertiary/aromatic N) is 1. The monoisotopic (exact) mass is 303 g/mol. The summed E-state index contributed by atoms with van der Waals surface area (Å²) in [5.41, 5.74) is -1.10. The normalized spacial score (nSPS) is 22.9. The second kappa shape index (κ2) is 6.09. The number of halogens is 3. The van der Waals surface area contributed by atoms with Crippen LogP contribution in [0.5, 0.6) is 0 Å². The molecule has 1 saturated heterocycles. The number of ether oxygens (including phenoxy) is 1. The number of pyridine rings is 1. The average Bonchev–Trinajstić information content (AvgIpc) is 2.38. The molecule has 0 spiro atoms. The maximum Gasteiger partial charge on any atom is 0.416 e. The van der Waals surface area contributed by atoms with Crippen molar-refractivity contribution in [3.8, 4) is 0 Å². The summed E-state index contributed by atoms with van der Waals surface area (Å²) >= 11 is 0. The molecule has 4 nitrogen and oxygen atoms in total. The molecule has 0 bridgehead atoms. The predicted molar refractivity (Wildman–Crippen MR) is 75.5 cm³/mol. The first-order valence-corrected chi connectivity index (χ1v) is 7.01. The Bertz CT molecular complexity index is 485. The van der Waals surface area contributed by atoms with Crippen LogP contribution in [0.25, 0.3) is 0 Å². The van der Waals surface area contributed by atoms with Crippen molar-refractivity contribution in [2.24, 2.45) is 0 Å². The molecule has 2 rings (SSSR count). The molecule has 1 unspecified atom stereocenters. The molecule has 2 heterocycles. The number of aromatic nitrogens is 1. The van der Waals surface area contributed by atoms with E-state index < -0.39 is 11.7 Å². The summed E-state index contributed by atoms with van der Waals surface area (Å²) in [6.07, 6.45) is -2.68. The molecule has 0 aromatic carbocycles. The van der Waals surface area contributed by atoms with Crippen molar-refractivity contribution >= 4 is 11.6 Å². The number of rotatable bonds is 4. The van der Waals surface area contributed by atoms with Gasteiger partial charge in [0.05, 0.1) is 17.7 Å². The molecule has 1 fully saturated rings. The van der Waals surface area contributed by atoms with Gasteiger partial charge in [-0.1, -0.05) is 0 Å². The first-order valence-electron chi connectivity index (χ1n) is 7.01. The fourth-order valence-electron chi connectivity index (χ4n) is 2.37. The molecule has 2 N–H and O–H groups in total. The van der Waals surface area contributed by atoms with Gasteiger partial charge < -0.3 is 15.4 Å². The van der Waals surface area contributed by atoms with Crippen LogP contribution in [0.15, 0.2) is 12.1 Å². The molecule has 1 aliphatic heterocycles. The van der Waals surface area contributed by atoms with Gasteiger partial charge in [0.25, 0.3) is 0 Å². The number of anilines is 2. The van der Waals surface area contributed by atoms with Gasteiger partial charge in [-0.25, -0.2) is 4.98 Å². The summed E-state index contributed by atoms with van der Waals surface area (Å²) in [4.78, 5) is 4.20. The molecule has 21 heavy (non-hydrogen) atoms. The zero-order valence-corrected chi connectivity index (χ0v) is 12.2. The Morgan fingerprint density at radius 1 is 1.33 bits per heavy atom. The third-order valence-corrected chi connectivity index (χ3v) is 3.38. The lowest BCUT2D eigenvalue weighted by Gasteiger charge is -2.35. The van der Waals surface area contributed by atoms with E-state index in [9.17, 15) is 13.2 Å². The van der Waals surface area contributed by atoms with Crippen LogP contribution in [0.1, 0.15) is 32.3 Å². The molecule has 0 radical (unpaired) electrons. The first-order chi connectivity index (χ1) is 9.82. The van der Waals surface area contributed by atoms with Crippen molar-refractivity contribution < 1.29 is 17.9 Å². The zero-order valence-electron chi connectivity index (χ0n) is 12.2. The van der Waals surface area contributed by atoms with E-state index in [1.165, 1.54) is 0 Å². The van der Waals surface area contributed by atoms with Crippen LogP contribution in [0, 0.1) is 0 Å². The molecular formula is C14H20F3N3O. The fourth-order valence-corrected chi connectivity index (χ4v) is 2.37. The SMILES string of the molecule is CCNc1cc(C(F)(F)F)cc(NC2(C)CCCOC2)n1. The Kier molecular flexibility index (Phi) is 4.61. The Labute approximate surface area is 122 Å². The summed E-state index contributed by atoms with van der Waals surface area (Å²) in [7, 11) is 0. The summed E-state index contributed by atoms with van der Waals surface area (Å²) in [5, 5.41) is 5.92. The molecule has 0 saturated carbocycles. The average molecular weight is 303 g/mol. The molecule has 118 valence electrons. The molecule has 1 aliphatic rings. The Morgan fingerprint density at radius 2 is 2.05 bits per heavy atom. The topological polar surface area (TPSA) is 46.2 Å². The maximum absolute atomic E-state index is 13.0. The van der Waals surface area contributed by atoms with Crippen LogP contribution in [-0.4, -0.2) is 30.3 Å². The van der Waals surface area contributed by atoms with Gasteiger partial charge in [-0.15, -0.1) is 0 Å². The van der Waals surface area contributed by atoms with Gasteiger partial charge in [0.2, 0.25) is 0 Å². The number of hydrogen-bond acceptors (Lipinski definition) is 4. The van der Waals surface area contributed by atoms with E-state index in [0.29, 0.717) is 19.8 Å². The zero-order chi connectivity index (χ0) is 15.5. The van der Waals surface area contributed by atoms with Gasteiger partial charge in [0, 0.05) is 13.2 Å². The third kappa shape index (κ3) is 4.23. The molecule has 1 aromatic rings. The van der Waals surface area contributed by atoms with Crippen molar-refractivity contribution in [1.82, 2.24) is 4.98 Å². The third-order valence-electron chi connectivity index (χ3n) is 3.38. The van der Waals surface area contributed by atoms with Crippen LogP contribution >= 0.6 is 0 Å². The minimum Gasteiger partial charge on any atom is -0.379 e. The van der Waals surface area contributed by atoms with E-state index >= 15 is 0 Å². The minimum absolute atomic E-state index is 0.216. The second-order valence-electron chi connectivity index (χ2n) is 5.50. The summed E-state index contributed by atoms with van der Waals surface area (Å²) in [5.74, 6) is 0.434. The second-order valence-corrected chi connectivity index (χ2v) is 5.50. The number of hydrogen-bond donors (Lipinski definition) is 2. The summed E-state index contributed by atoms with van der Waals surface area (Å²) in [6, 6.07) is 2.06. The van der Waals surface area contributed by atoms with Gasteiger partial charge in [-0.2, -0.15) is 13.2 Å². The van der Waals surface area contributed by atoms with Crippen LogP contribution in [0.2, 0.25) is 0 Å². The van der Waals surface area contributed by atoms with Gasteiger partial charge in [-0.3, -0.25) is 0 Å². The fraction of sp³-hybridized carbons (Fsp3) is 0.643. The van der Waals surface area contributed by atoms with Crippen molar-refractivity contribution in [2.45, 2.75) is 38.4 Å². The van der Waals surface area contributed by atoms with E-state index in [-0.39, 0.29) is 17.2 Å². The first kappa shape index (κ1) is 15.9. The highest BCUT2D eigenvalue weighted by Crippen LogP contribution is 2.33. The lowest BCUT2D eigenvalue weighted by molar-refractivity contribution is -0.137. The Balaban J connectivity index is 2.27. The number of alkyl halides is 3. The molecule has 7 heteroatoms. The van der Waals surface area contributed by atoms with Crippen LogP contribution in [-0.2, 0) is 10.9 Å². The largest absolute Gasteiger partial charge is 0.416 e. The Morgan fingerprint density at radius 3 is 2.62 bits per heavy atom. The van der Waals surface area contributed by atoms with E-state index in [2.05, 4.69) is 15.6 Å². The van der Waals surface area contributed by atoms with E-state index in [1.54, 1.807) is 0 Å². The van der Waals surface area contributed by atoms with Gasteiger partial charge in [-0.05, 0) is 38.8 Å². The lowest BCUT2D eigenvalue weighted by atomic mass is 9.95. The van der Waals surface area contributed by atoms with Gasteiger partial charge in [0.15, 0.2) is 0 Å². The minimum atomic E-state index is -4.40. The van der Waals surface area contributed by atoms with Crippen molar-refractivity contribution in [3.05, 3.63) is 17.7 Å². The quantitative estimate of drug-likeness (QED) is 0.893. The lowest BCUT2D eigenvalue weighted by Crippen LogP contribution is -2.43. The van der Waals surface area contributed by atoms with E-state index in [1.807, 2.05) is 13.8 Å². The van der Waals surface area contributed by atoms with Crippen LogP contribution < -0.4 is 10.6 Å². The van der Waals surface area contributed by atoms with Crippen LogP contribution in [0.3, 0.4) is 0 Å². The van der Waals surface area contributed by atoms with E-state index in [0.717, 1.165) is 25.0 Å². The molecule has 0 amide bonds. The van der Waals surface area contributed by atoms with E-state index in [4.69, 9.17) is 4.74 Å². The molecular weight excluding hydrogens is 283 g/mol. The van der Waals surface area contributed by atoms with Crippen molar-refractivity contribution in [2.75, 3.05) is 30.4 Å². The Hall–Kier alpha value is -1.50. The summed E-state index contributed by atoms with van der Waals surface area (Å²) in [6.45, 7) is 5.40. The van der Waals surface area contributed by atoms with Crippen molar-refractivity contribution in [1.29, 1.82) is 0 Å². The molecule has 1 aromatic heterocycles. The number of nitrogens with one attached hydrogen (secondary N) is 2. The maximum atomic E-state index is 13.0. The van der Waals surface area contributed by atoms with Gasteiger partial charge in [0.1, 0.15) is 11.6 Å². The molecule has 0 aliphatic carbocycles. The standard InChI is InChI=1S/C14H20F3N3O/c1-3-18-11-7-10(14(15,16)17)8-12(19-11)20-13(2)5-4-6-21-9-13/h7-8H,3-6,9H2,1-2H3,(H2,18,19,20). The summed E-state index contributed by atoms with van der Waals surface area (Å²) < 4.78 is 44.3. The highest BCUT2D eigenvalue weighted by molar-refractivity contribution is 5.51. The van der Waals surface area contributed by atoms with Crippen molar-refractivity contribution in [3.63, 3.8) is 0 Å².